The molecule has 1 aromatic rings. The summed E-state index contributed by atoms with van der Waals surface area (Å²) >= 11 is 0. The van der Waals surface area contributed by atoms with E-state index in [0.29, 0.717) is 17.9 Å². The van der Waals surface area contributed by atoms with Crippen LogP contribution in [0.15, 0.2) is 6.07 Å². The fourth-order valence-electron chi connectivity index (χ4n) is 2.78. The van der Waals surface area contributed by atoms with Gasteiger partial charge in [0.25, 0.3) is 0 Å². The molecule has 1 N–H and O–H groups in total. The first-order valence-corrected chi connectivity index (χ1v) is 7.69. The van der Waals surface area contributed by atoms with Crippen molar-refractivity contribution < 1.29 is 9.53 Å². The van der Waals surface area contributed by atoms with E-state index >= 15 is 0 Å². The molecule has 0 bridgehead atoms. The standard InChI is InChI=1S/C16H25N3O2/c1-10(2)14-9-11(3)17-16(19-14)18-13-7-5-12(6-8-13)15(20)21-4/h9-10,12-13H,5-8H2,1-4H3,(H,17,18,19). The van der Waals surface area contributed by atoms with Gasteiger partial charge >= 0.3 is 5.97 Å². The van der Waals surface area contributed by atoms with Gasteiger partial charge in [0.2, 0.25) is 5.95 Å². The second kappa shape index (κ2) is 6.87. The topological polar surface area (TPSA) is 64.1 Å². The Labute approximate surface area is 126 Å². The van der Waals surface area contributed by atoms with Crippen molar-refractivity contribution in [2.45, 2.75) is 58.4 Å². The molecule has 5 heteroatoms. The molecule has 116 valence electrons. The third-order valence-electron chi connectivity index (χ3n) is 4.06. The van der Waals surface area contributed by atoms with Gasteiger partial charge in [0.05, 0.1) is 13.0 Å². The summed E-state index contributed by atoms with van der Waals surface area (Å²) in [6, 6.07) is 2.37. The van der Waals surface area contributed by atoms with E-state index in [1.54, 1.807) is 0 Å². The highest BCUT2D eigenvalue weighted by Crippen LogP contribution is 2.27. The van der Waals surface area contributed by atoms with E-state index in [1.165, 1.54) is 7.11 Å². The van der Waals surface area contributed by atoms with Gasteiger partial charge in [-0.15, -0.1) is 0 Å². The Balaban J connectivity index is 1.96. The molecule has 0 atom stereocenters. The first kappa shape index (κ1) is 15.7. The van der Waals surface area contributed by atoms with Crippen LogP contribution >= 0.6 is 0 Å². The van der Waals surface area contributed by atoms with Crippen molar-refractivity contribution in [2.24, 2.45) is 5.92 Å². The molecule has 0 amide bonds. The number of aryl methyl sites for hydroxylation is 1. The molecule has 0 aromatic carbocycles. The van der Waals surface area contributed by atoms with E-state index in [2.05, 4.69) is 29.1 Å². The van der Waals surface area contributed by atoms with Crippen LogP contribution in [0.25, 0.3) is 0 Å². The number of esters is 1. The zero-order valence-corrected chi connectivity index (χ0v) is 13.3. The van der Waals surface area contributed by atoms with E-state index in [9.17, 15) is 4.79 Å². The number of hydrogen-bond donors (Lipinski definition) is 1. The average Bonchev–Trinajstić information content (AvgIpc) is 2.46. The molecule has 2 rings (SSSR count). The Morgan fingerprint density at radius 2 is 1.95 bits per heavy atom. The van der Waals surface area contributed by atoms with Crippen molar-refractivity contribution in [3.63, 3.8) is 0 Å². The predicted molar refractivity (Wildman–Crippen MR) is 82.2 cm³/mol. The minimum atomic E-state index is -0.0812. The molecule has 1 heterocycles. The molecule has 5 nitrogen and oxygen atoms in total. The number of methoxy groups -OCH3 is 1. The summed E-state index contributed by atoms with van der Waals surface area (Å²) in [7, 11) is 1.46. The van der Waals surface area contributed by atoms with E-state index in [-0.39, 0.29) is 11.9 Å². The highest BCUT2D eigenvalue weighted by atomic mass is 16.5. The molecule has 1 aliphatic carbocycles. The van der Waals surface area contributed by atoms with Crippen molar-refractivity contribution in [2.75, 3.05) is 12.4 Å². The van der Waals surface area contributed by atoms with E-state index in [1.807, 2.05) is 13.0 Å². The molecule has 0 unspecified atom stereocenters. The SMILES string of the molecule is COC(=O)C1CCC(Nc2nc(C)cc(C(C)C)n2)CC1. The molecule has 0 radical (unpaired) electrons. The molecule has 21 heavy (non-hydrogen) atoms. The minimum absolute atomic E-state index is 0.0534. The van der Waals surface area contributed by atoms with Crippen molar-refractivity contribution in [3.05, 3.63) is 17.5 Å². The van der Waals surface area contributed by atoms with Crippen LogP contribution in [-0.2, 0) is 9.53 Å². The van der Waals surface area contributed by atoms with Crippen LogP contribution in [-0.4, -0.2) is 29.1 Å². The summed E-state index contributed by atoms with van der Waals surface area (Å²) in [5.41, 5.74) is 2.05. The number of hydrogen-bond acceptors (Lipinski definition) is 5. The van der Waals surface area contributed by atoms with Crippen LogP contribution in [0.4, 0.5) is 5.95 Å². The number of ether oxygens (including phenoxy) is 1. The summed E-state index contributed by atoms with van der Waals surface area (Å²) in [5, 5.41) is 3.42. The summed E-state index contributed by atoms with van der Waals surface area (Å²) < 4.78 is 4.82. The fourth-order valence-corrected chi connectivity index (χ4v) is 2.78. The number of aromatic nitrogens is 2. The number of nitrogens with one attached hydrogen (secondary N) is 1. The summed E-state index contributed by atoms with van der Waals surface area (Å²) in [4.78, 5) is 20.6. The number of nitrogens with zero attached hydrogens (tertiary/aromatic N) is 2. The van der Waals surface area contributed by atoms with Gasteiger partial charge in [-0.25, -0.2) is 9.97 Å². The highest BCUT2D eigenvalue weighted by molar-refractivity contribution is 5.72. The lowest BCUT2D eigenvalue weighted by molar-refractivity contribution is -0.146. The van der Waals surface area contributed by atoms with Gasteiger partial charge in [0.1, 0.15) is 0 Å². The maximum Gasteiger partial charge on any atom is 0.308 e. The summed E-state index contributed by atoms with van der Waals surface area (Å²) in [6.45, 7) is 6.26. The van der Waals surface area contributed by atoms with E-state index < -0.39 is 0 Å². The lowest BCUT2D eigenvalue weighted by Gasteiger charge is -2.27. The molecule has 1 aromatic heterocycles. The highest BCUT2D eigenvalue weighted by Gasteiger charge is 2.27. The number of carbonyl (C=O) groups excluding carboxylic acids is 1. The van der Waals surface area contributed by atoms with Crippen LogP contribution < -0.4 is 5.32 Å². The minimum Gasteiger partial charge on any atom is -0.469 e. The Morgan fingerprint density at radius 1 is 1.29 bits per heavy atom. The van der Waals surface area contributed by atoms with Gasteiger partial charge in [-0.1, -0.05) is 13.8 Å². The number of carbonyl (C=O) groups is 1. The molecule has 0 saturated heterocycles. The maximum absolute atomic E-state index is 11.5. The Kier molecular flexibility index (Phi) is 5.15. The van der Waals surface area contributed by atoms with E-state index in [4.69, 9.17) is 4.74 Å². The molecular formula is C16H25N3O2. The first-order chi connectivity index (χ1) is 9.99. The predicted octanol–water partition coefficient (Wildman–Crippen LogP) is 3.05. The van der Waals surface area contributed by atoms with Crippen molar-refractivity contribution >= 4 is 11.9 Å². The second-order valence-corrected chi connectivity index (χ2v) is 6.13. The van der Waals surface area contributed by atoms with Gasteiger partial charge in [0.15, 0.2) is 0 Å². The van der Waals surface area contributed by atoms with Crippen LogP contribution in [0.2, 0.25) is 0 Å². The Morgan fingerprint density at radius 3 is 2.52 bits per heavy atom. The first-order valence-electron chi connectivity index (χ1n) is 7.69. The fraction of sp³-hybridized carbons (Fsp3) is 0.688. The lowest BCUT2D eigenvalue weighted by Crippen LogP contribution is -2.30. The monoisotopic (exact) mass is 291 g/mol. The molecular weight excluding hydrogens is 266 g/mol. The zero-order valence-electron chi connectivity index (χ0n) is 13.3. The van der Waals surface area contributed by atoms with Gasteiger partial charge in [-0.05, 0) is 44.6 Å². The van der Waals surface area contributed by atoms with Gasteiger partial charge in [-0.2, -0.15) is 0 Å². The number of anilines is 1. The van der Waals surface area contributed by atoms with Crippen molar-refractivity contribution in [1.82, 2.24) is 9.97 Å². The molecule has 0 aliphatic heterocycles. The van der Waals surface area contributed by atoms with Crippen LogP contribution in [0.5, 0.6) is 0 Å². The third-order valence-corrected chi connectivity index (χ3v) is 4.06. The van der Waals surface area contributed by atoms with E-state index in [0.717, 1.165) is 37.1 Å². The van der Waals surface area contributed by atoms with Crippen molar-refractivity contribution in [3.8, 4) is 0 Å². The summed E-state index contributed by atoms with van der Waals surface area (Å²) in [5.74, 6) is 1.07. The Hall–Kier alpha value is -1.65. The third kappa shape index (κ3) is 4.16. The lowest BCUT2D eigenvalue weighted by atomic mass is 9.86. The molecule has 1 aliphatic rings. The Bertz CT molecular complexity index is 494. The largest absolute Gasteiger partial charge is 0.469 e. The average molecular weight is 291 g/mol. The van der Waals surface area contributed by atoms with Crippen LogP contribution in [0.3, 0.4) is 0 Å². The summed E-state index contributed by atoms with van der Waals surface area (Å²) in [6.07, 6.45) is 3.64. The zero-order chi connectivity index (χ0) is 15.4. The molecule has 0 spiro atoms. The quantitative estimate of drug-likeness (QED) is 0.864. The normalized spacial score (nSPS) is 22.1. The second-order valence-electron chi connectivity index (χ2n) is 6.13. The number of rotatable bonds is 4. The maximum atomic E-state index is 11.5. The van der Waals surface area contributed by atoms with Gasteiger partial charge < -0.3 is 10.1 Å². The van der Waals surface area contributed by atoms with Gasteiger partial charge in [-0.3, -0.25) is 4.79 Å². The molecule has 1 fully saturated rings. The van der Waals surface area contributed by atoms with Crippen LogP contribution in [0, 0.1) is 12.8 Å². The smallest absolute Gasteiger partial charge is 0.308 e. The molecule has 1 saturated carbocycles. The van der Waals surface area contributed by atoms with Crippen molar-refractivity contribution in [1.29, 1.82) is 0 Å². The van der Waals surface area contributed by atoms with Crippen LogP contribution in [0.1, 0.15) is 56.8 Å². The van der Waals surface area contributed by atoms with Gasteiger partial charge in [0, 0.05) is 17.4 Å².